The van der Waals surface area contributed by atoms with E-state index >= 15 is 0 Å². The minimum absolute atomic E-state index is 0.103. The number of amides is 4. The topological polar surface area (TPSA) is 133 Å². The van der Waals surface area contributed by atoms with Crippen LogP contribution in [0.15, 0.2) is 42.0 Å². The molecule has 1 aliphatic heterocycles. The van der Waals surface area contributed by atoms with Gasteiger partial charge in [0, 0.05) is 6.07 Å². The first-order chi connectivity index (χ1) is 14.4. The van der Waals surface area contributed by atoms with Crippen molar-refractivity contribution in [1.82, 2.24) is 5.32 Å². The summed E-state index contributed by atoms with van der Waals surface area (Å²) in [5.41, 5.74) is -3.47. The number of nitrogens with zero attached hydrogens (tertiary/aromatic N) is 2. The molecule has 0 bridgehead atoms. The highest BCUT2D eigenvalue weighted by molar-refractivity contribution is 6.42. The van der Waals surface area contributed by atoms with Crippen molar-refractivity contribution in [3.8, 4) is 5.75 Å². The molecule has 1 N–H and O–H groups in total. The van der Waals surface area contributed by atoms with E-state index in [0.717, 1.165) is 30.3 Å². The van der Waals surface area contributed by atoms with Gasteiger partial charge in [0.1, 0.15) is 5.57 Å². The maximum Gasteiger partial charge on any atom is 0.416 e. The Kier molecular flexibility index (Phi) is 5.42. The molecule has 160 valence electrons. The van der Waals surface area contributed by atoms with Gasteiger partial charge in [-0.15, -0.1) is 0 Å². The van der Waals surface area contributed by atoms with Gasteiger partial charge < -0.3 is 5.11 Å². The van der Waals surface area contributed by atoms with Crippen LogP contribution in [0.1, 0.15) is 11.1 Å². The summed E-state index contributed by atoms with van der Waals surface area (Å²) in [5.74, 6) is -3.42. The number of benzene rings is 2. The van der Waals surface area contributed by atoms with Gasteiger partial charge in [-0.05, 0) is 35.6 Å². The lowest BCUT2D eigenvalue weighted by molar-refractivity contribution is -0.398. The van der Waals surface area contributed by atoms with Crippen molar-refractivity contribution < 1.29 is 37.6 Å². The molecule has 13 heteroatoms. The molecule has 2 aromatic rings. The van der Waals surface area contributed by atoms with E-state index in [-0.39, 0.29) is 15.5 Å². The normalized spacial score (nSPS) is 15.9. The van der Waals surface area contributed by atoms with E-state index in [1.54, 1.807) is 5.32 Å². The number of nitro groups is 1. The second-order valence-corrected chi connectivity index (χ2v) is 6.51. The monoisotopic (exact) mass is 454 g/mol. The Morgan fingerprint density at radius 3 is 2.39 bits per heavy atom. The van der Waals surface area contributed by atoms with Crippen molar-refractivity contribution in [3.63, 3.8) is 0 Å². The van der Waals surface area contributed by atoms with Crippen LogP contribution < -0.4 is 15.3 Å². The molecule has 31 heavy (non-hydrogen) atoms. The molecule has 1 fully saturated rings. The molecular weight excluding hydrogens is 447 g/mol. The second-order valence-electron chi connectivity index (χ2n) is 6.11. The van der Waals surface area contributed by atoms with Crippen molar-refractivity contribution in [3.05, 3.63) is 68.2 Å². The van der Waals surface area contributed by atoms with Crippen molar-refractivity contribution in [2.45, 2.75) is 6.18 Å². The van der Waals surface area contributed by atoms with E-state index < -0.39 is 57.2 Å². The van der Waals surface area contributed by atoms with Crippen LogP contribution in [0.25, 0.3) is 6.08 Å². The number of alkyl halides is 3. The van der Waals surface area contributed by atoms with Gasteiger partial charge in [0.05, 0.1) is 21.2 Å². The van der Waals surface area contributed by atoms with Crippen LogP contribution in [-0.4, -0.2) is 22.8 Å². The Balaban J connectivity index is 2.09. The summed E-state index contributed by atoms with van der Waals surface area (Å²) in [6.45, 7) is 0. The lowest BCUT2D eigenvalue weighted by Crippen LogP contribution is -2.54. The Bertz CT molecular complexity index is 1180. The molecule has 3 rings (SSSR count). The summed E-state index contributed by atoms with van der Waals surface area (Å²) in [5, 5.41) is 23.8. The third-order valence-electron chi connectivity index (χ3n) is 4.11. The molecule has 1 heterocycles. The number of rotatable bonds is 3. The maximum atomic E-state index is 13.0. The van der Waals surface area contributed by atoms with Gasteiger partial charge in [0.25, 0.3) is 17.5 Å². The molecule has 0 spiro atoms. The molecular formula is C18H8ClF3N3O6-. The number of hydrogen-bond donors (Lipinski definition) is 1. The van der Waals surface area contributed by atoms with E-state index in [1.165, 1.54) is 0 Å². The fraction of sp³-hybridized carbons (Fsp3) is 0.0556. The number of imide groups is 2. The van der Waals surface area contributed by atoms with Crippen LogP contribution >= 0.6 is 11.6 Å². The number of nitrogens with one attached hydrogen (secondary N) is 1. The van der Waals surface area contributed by atoms with E-state index in [1.807, 2.05) is 0 Å². The quantitative estimate of drug-likeness (QED) is 0.328. The minimum Gasteiger partial charge on any atom is -0.868 e. The number of barbiturate groups is 1. The Morgan fingerprint density at radius 1 is 1.10 bits per heavy atom. The second kappa shape index (κ2) is 7.72. The number of carbonyl (C=O) groups excluding carboxylic acids is 3. The average molecular weight is 455 g/mol. The highest BCUT2D eigenvalue weighted by Gasteiger charge is 2.39. The van der Waals surface area contributed by atoms with Gasteiger partial charge in [0.2, 0.25) is 0 Å². The Hall–Kier alpha value is -3.93. The van der Waals surface area contributed by atoms with Crippen LogP contribution in [0.5, 0.6) is 5.75 Å². The molecule has 0 aromatic heterocycles. The van der Waals surface area contributed by atoms with Crippen LogP contribution in [0.4, 0.5) is 29.3 Å². The largest absolute Gasteiger partial charge is 0.868 e. The fourth-order valence-electron chi connectivity index (χ4n) is 2.67. The standard InChI is InChI=1S/C18H9ClF3N3O6/c19-11-3-2-9(18(20,21)22)7-12(11)24-16(28)10(15(27)23-17(24)29)5-8-1-4-14(26)13(6-8)25(30)31/h1-7,26H,(H,23,27,29)/p-1/b10-5-. The average Bonchev–Trinajstić information content (AvgIpc) is 2.66. The first-order valence-electron chi connectivity index (χ1n) is 8.14. The predicted octanol–water partition coefficient (Wildman–Crippen LogP) is 3.01. The zero-order chi connectivity index (χ0) is 23.1. The zero-order valence-corrected chi connectivity index (χ0v) is 15.7. The summed E-state index contributed by atoms with van der Waals surface area (Å²) in [6, 6.07) is 3.32. The summed E-state index contributed by atoms with van der Waals surface area (Å²) in [4.78, 5) is 47.3. The number of carbonyl (C=O) groups is 3. The van der Waals surface area contributed by atoms with Gasteiger partial charge in [0.15, 0.2) is 0 Å². The lowest BCUT2D eigenvalue weighted by atomic mass is 10.1. The van der Waals surface area contributed by atoms with Crippen LogP contribution in [0, 0.1) is 10.1 Å². The summed E-state index contributed by atoms with van der Waals surface area (Å²) in [7, 11) is 0. The van der Waals surface area contributed by atoms with E-state index in [4.69, 9.17) is 11.6 Å². The molecule has 1 aliphatic rings. The van der Waals surface area contributed by atoms with Crippen molar-refractivity contribution in [2.75, 3.05) is 4.90 Å². The summed E-state index contributed by atoms with van der Waals surface area (Å²) >= 11 is 5.87. The zero-order valence-electron chi connectivity index (χ0n) is 14.9. The predicted molar refractivity (Wildman–Crippen MR) is 98.0 cm³/mol. The number of hydrogen-bond acceptors (Lipinski definition) is 6. The lowest BCUT2D eigenvalue weighted by Gasteiger charge is -2.27. The molecule has 9 nitrogen and oxygen atoms in total. The molecule has 0 unspecified atom stereocenters. The van der Waals surface area contributed by atoms with Crippen molar-refractivity contribution >= 4 is 46.9 Å². The van der Waals surface area contributed by atoms with Crippen LogP contribution in [0.2, 0.25) is 5.02 Å². The van der Waals surface area contributed by atoms with Gasteiger partial charge in [-0.25, -0.2) is 9.69 Å². The number of anilines is 1. The van der Waals surface area contributed by atoms with E-state index in [2.05, 4.69) is 0 Å². The number of nitro benzene ring substituents is 1. The minimum atomic E-state index is -4.80. The number of halogens is 4. The van der Waals surface area contributed by atoms with Gasteiger partial charge >= 0.3 is 12.2 Å². The SMILES string of the molecule is O=C1NC(=O)N(c2cc(C(F)(F)F)ccc2Cl)C(=O)/C1=C\c1ccc([O-])c([N+](=O)[O-])c1. The van der Waals surface area contributed by atoms with Crippen molar-refractivity contribution in [1.29, 1.82) is 0 Å². The fourth-order valence-corrected chi connectivity index (χ4v) is 2.87. The molecule has 0 radical (unpaired) electrons. The van der Waals surface area contributed by atoms with Crippen LogP contribution in [-0.2, 0) is 15.8 Å². The van der Waals surface area contributed by atoms with Gasteiger partial charge in [-0.3, -0.25) is 25.0 Å². The highest BCUT2D eigenvalue weighted by Crippen LogP contribution is 2.36. The molecule has 4 amide bonds. The molecule has 0 aliphatic carbocycles. The molecule has 1 saturated heterocycles. The van der Waals surface area contributed by atoms with Crippen LogP contribution in [0.3, 0.4) is 0 Å². The first-order valence-corrected chi connectivity index (χ1v) is 8.51. The molecule has 0 atom stereocenters. The maximum absolute atomic E-state index is 13.0. The Labute approximate surface area is 175 Å². The van der Waals surface area contributed by atoms with E-state index in [0.29, 0.717) is 12.1 Å². The summed E-state index contributed by atoms with van der Waals surface area (Å²) < 4.78 is 39.1. The third-order valence-corrected chi connectivity index (χ3v) is 4.43. The van der Waals surface area contributed by atoms with Gasteiger partial charge in [-0.2, -0.15) is 13.2 Å². The molecule has 0 saturated carbocycles. The summed E-state index contributed by atoms with van der Waals surface area (Å²) in [6.07, 6.45) is -3.95. The number of urea groups is 1. The smallest absolute Gasteiger partial charge is 0.416 e. The van der Waals surface area contributed by atoms with E-state index in [9.17, 15) is 42.8 Å². The first kappa shape index (κ1) is 21.8. The Morgan fingerprint density at radius 2 is 1.77 bits per heavy atom. The third kappa shape index (κ3) is 4.19. The van der Waals surface area contributed by atoms with Gasteiger partial charge in [-0.1, -0.05) is 23.7 Å². The molecule has 2 aromatic carbocycles. The highest BCUT2D eigenvalue weighted by atomic mass is 35.5. The van der Waals surface area contributed by atoms with Crippen molar-refractivity contribution in [2.24, 2.45) is 0 Å².